The lowest BCUT2D eigenvalue weighted by atomic mass is 10.2. The van der Waals surface area contributed by atoms with Crippen LogP contribution in [0.25, 0.3) is 11.0 Å². The number of carbonyl (C=O) groups excluding carboxylic acids is 1. The Morgan fingerprint density at radius 2 is 2.05 bits per heavy atom. The molecule has 0 aliphatic rings. The number of nitrogens with one attached hydrogen (secondary N) is 1. The van der Waals surface area contributed by atoms with Gasteiger partial charge in [-0.2, -0.15) is 0 Å². The maximum absolute atomic E-state index is 11.9. The Kier molecular flexibility index (Phi) is 4.11. The highest BCUT2D eigenvalue weighted by atomic mass is 79.9. The molecular formula is C16H13BrN2O3. The summed E-state index contributed by atoms with van der Waals surface area (Å²) in [6.45, 7) is 0.259. The van der Waals surface area contributed by atoms with E-state index in [0.717, 1.165) is 15.4 Å². The molecule has 112 valence electrons. The van der Waals surface area contributed by atoms with Gasteiger partial charge in [-0.1, -0.05) is 18.2 Å². The van der Waals surface area contributed by atoms with E-state index in [0.29, 0.717) is 5.76 Å². The van der Waals surface area contributed by atoms with E-state index in [4.69, 9.17) is 4.42 Å². The maximum atomic E-state index is 11.9. The van der Waals surface area contributed by atoms with Crippen LogP contribution in [0.5, 0.6) is 0 Å². The number of hydrogen-bond acceptors (Lipinski definition) is 3. The number of hydrogen-bond donors (Lipinski definition) is 1. The number of rotatable bonds is 4. The molecule has 0 bridgehead atoms. The number of carbonyl (C=O) groups is 1. The predicted octanol–water partition coefficient (Wildman–Crippen LogP) is 2.67. The Morgan fingerprint density at radius 3 is 2.86 bits per heavy atom. The second kappa shape index (κ2) is 6.19. The zero-order valence-electron chi connectivity index (χ0n) is 11.6. The predicted molar refractivity (Wildman–Crippen MR) is 86.5 cm³/mol. The molecule has 2 aromatic heterocycles. The molecular weight excluding hydrogens is 348 g/mol. The van der Waals surface area contributed by atoms with Gasteiger partial charge in [0.1, 0.15) is 17.9 Å². The van der Waals surface area contributed by atoms with Crippen LogP contribution in [0.4, 0.5) is 0 Å². The third-order valence-electron chi connectivity index (χ3n) is 3.20. The first-order valence-electron chi connectivity index (χ1n) is 6.72. The number of amides is 1. The van der Waals surface area contributed by atoms with Gasteiger partial charge in [0, 0.05) is 22.1 Å². The van der Waals surface area contributed by atoms with Crippen molar-refractivity contribution in [2.75, 3.05) is 0 Å². The van der Waals surface area contributed by atoms with Gasteiger partial charge in [0.2, 0.25) is 5.91 Å². The van der Waals surface area contributed by atoms with Crippen molar-refractivity contribution in [2.45, 2.75) is 13.1 Å². The molecule has 3 rings (SSSR count). The van der Waals surface area contributed by atoms with Gasteiger partial charge >= 0.3 is 0 Å². The number of fused-ring (bicyclic) bond motifs is 1. The second-order valence-electron chi connectivity index (χ2n) is 4.84. The van der Waals surface area contributed by atoms with E-state index >= 15 is 0 Å². The van der Waals surface area contributed by atoms with Crippen LogP contribution in [0.3, 0.4) is 0 Å². The number of nitrogens with zero attached hydrogens (tertiary/aromatic N) is 1. The van der Waals surface area contributed by atoms with Crippen molar-refractivity contribution >= 4 is 32.8 Å². The van der Waals surface area contributed by atoms with E-state index in [1.54, 1.807) is 12.3 Å². The van der Waals surface area contributed by atoms with Crippen molar-refractivity contribution in [3.63, 3.8) is 0 Å². The summed E-state index contributed by atoms with van der Waals surface area (Å²) in [5, 5.41) is 3.74. The average Bonchev–Trinajstić information content (AvgIpc) is 2.92. The number of para-hydroxylation sites is 1. The summed E-state index contributed by atoms with van der Waals surface area (Å²) >= 11 is 3.28. The molecule has 0 spiro atoms. The summed E-state index contributed by atoms with van der Waals surface area (Å²) in [6.07, 6.45) is 1.59. The van der Waals surface area contributed by atoms with E-state index in [2.05, 4.69) is 21.2 Å². The summed E-state index contributed by atoms with van der Waals surface area (Å²) in [5.41, 5.74) is 0.567. The SMILES string of the molecule is O=C(Cn1cc(Br)ccc1=O)NCc1cc2ccccc2o1. The van der Waals surface area contributed by atoms with E-state index in [9.17, 15) is 9.59 Å². The van der Waals surface area contributed by atoms with Gasteiger partial charge in [0.05, 0.1) is 6.54 Å². The van der Waals surface area contributed by atoms with Crippen LogP contribution in [0.15, 0.2) is 62.3 Å². The van der Waals surface area contributed by atoms with Gasteiger partial charge in [0.15, 0.2) is 0 Å². The van der Waals surface area contributed by atoms with Gasteiger partial charge in [0.25, 0.3) is 5.56 Å². The fraction of sp³-hybridized carbons (Fsp3) is 0.125. The molecule has 0 fully saturated rings. The van der Waals surface area contributed by atoms with Crippen molar-refractivity contribution in [1.29, 1.82) is 0 Å². The van der Waals surface area contributed by atoms with Crippen molar-refractivity contribution in [2.24, 2.45) is 0 Å². The molecule has 0 unspecified atom stereocenters. The van der Waals surface area contributed by atoms with Crippen molar-refractivity contribution in [3.8, 4) is 0 Å². The monoisotopic (exact) mass is 360 g/mol. The first-order chi connectivity index (χ1) is 10.6. The van der Waals surface area contributed by atoms with E-state index in [1.807, 2.05) is 30.3 Å². The number of furan rings is 1. The molecule has 2 heterocycles. The highest BCUT2D eigenvalue weighted by Gasteiger charge is 2.07. The fourth-order valence-corrected chi connectivity index (χ4v) is 2.53. The fourth-order valence-electron chi connectivity index (χ4n) is 2.15. The van der Waals surface area contributed by atoms with Crippen LogP contribution in [0, 0.1) is 0 Å². The molecule has 0 radical (unpaired) electrons. The highest BCUT2D eigenvalue weighted by molar-refractivity contribution is 9.10. The lowest BCUT2D eigenvalue weighted by Crippen LogP contribution is -2.31. The molecule has 0 saturated heterocycles. The molecule has 0 saturated carbocycles. The Bertz CT molecular complexity index is 849. The number of aromatic nitrogens is 1. The van der Waals surface area contributed by atoms with Gasteiger partial charge in [-0.15, -0.1) is 0 Å². The molecule has 22 heavy (non-hydrogen) atoms. The average molecular weight is 361 g/mol. The van der Waals surface area contributed by atoms with Crippen LogP contribution >= 0.6 is 15.9 Å². The second-order valence-corrected chi connectivity index (χ2v) is 5.76. The third kappa shape index (κ3) is 3.28. The van der Waals surface area contributed by atoms with E-state index < -0.39 is 0 Å². The molecule has 1 N–H and O–H groups in total. The van der Waals surface area contributed by atoms with Gasteiger partial charge in [-0.05, 0) is 34.1 Å². The minimum Gasteiger partial charge on any atom is -0.459 e. The summed E-state index contributed by atoms with van der Waals surface area (Å²) in [6, 6.07) is 12.6. The van der Waals surface area contributed by atoms with Gasteiger partial charge in [-0.3, -0.25) is 9.59 Å². The Balaban J connectivity index is 1.64. The van der Waals surface area contributed by atoms with Gasteiger partial charge in [-0.25, -0.2) is 0 Å². The van der Waals surface area contributed by atoms with E-state index in [-0.39, 0.29) is 24.6 Å². The summed E-state index contributed by atoms with van der Waals surface area (Å²) < 4.78 is 7.71. The molecule has 6 heteroatoms. The smallest absolute Gasteiger partial charge is 0.251 e. The van der Waals surface area contributed by atoms with E-state index in [1.165, 1.54) is 10.6 Å². The topological polar surface area (TPSA) is 64.2 Å². The minimum absolute atomic E-state index is 0.0293. The molecule has 5 nitrogen and oxygen atoms in total. The van der Waals surface area contributed by atoms with Crippen molar-refractivity contribution in [1.82, 2.24) is 9.88 Å². The highest BCUT2D eigenvalue weighted by Crippen LogP contribution is 2.18. The summed E-state index contributed by atoms with van der Waals surface area (Å²) in [4.78, 5) is 23.6. The Hall–Kier alpha value is -2.34. The maximum Gasteiger partial charge on any atom is 0.251 e. The number of benzene rings is 1. The van der Waals surface area contributed by atoms with Crippen LogP contribution in [-0.4, -0.2) is 10.5 Å². The van der Waals surface area contributed by atoms with Crippen LogP contribution in [0.2, 0.25) is 0 Å². The molecule has 0 aliphatic carbocycles. The number of halogens is 1. The first-order valence-corrected chi connectivity index (χ1v) is 7.51. The quantitative estimate of drug-likeness (QED) is 0.777. The van der Waals surface area contributed by atoms with Crippen molar-refractivity contribution in [3.05, 3.63) is 69.2 Å². The van der Waals surface area contributed by atoms with Crippen LogP contribution < -0.4 is 10.9 Å². The Morgan fingerprint density at radius 1 is 1.23 bits per heavy atom. The summed E-state index contributed by atoms with van der Waals surface area (Å²) in [5.74, 6) is 0.428. The Labute approximate surface area is 134 Å². The molecule has 1 aromatic carbocycles. The zero-order chi connectivity index (χ0) is 15.5. The minimum atomic E-state index is -0.249. The lowest BCUT2D eigenvalue weighted by Gasteiger charge is -2.06. The van der Waals surface area contributed by atoms with Crippen LogP contribution in [-0.2, 0) is 17.9 Å². The molecule has 3 aromatic rings. The number of pyridine rings is 1. The normalized spacial score (nSPS) is 10.8. The first kappa shape index (κ1) is 14.6. The van der Waals surface area contributed by atoms with Crippen molar-refractivity contribution < 1.29 is 9.21 Å². The van der Waals surface area contributed by atoms with Crippen LogP contribution in [0.1, 0.15) is 5.76 Å². The lowest BCUT2D eigenvalue weighted by molar-refractivity contribution is -0.121. The molecule has 0 atom stereocenters. The molecule has 0 aliphatic heterocycles. The van der Waals surface area contributed by atoms with Gasteiger partial charge < -0.3 is 14.3 Å². The standard InChI is InChI=1S/C16H13BrN2O3/c17-12-5-6-16(21)19(9-12)10-15(20)18-8-13-7-11-3-1-2-4-14(11)22-13/h1-7,9H,8,10H2,(H,18,20). The third-order valence-corrected chi connectivity index (χ3v) is 3.67. The zero-order valence-corrected chi connectivity index (χ0v) is 13.2. The summed E-state index contributed by atoms with van der Waals surface area (Å²) in [7, 11) is 0. The largest absolute Gasteiger partial charge is 0.459 e. The molecule has 1 amide bonds.